The van der Waals surface area contributed by atoms with Gasteiger partial charge in [-0.05, 0) is 57.2 Å². The van der Waals surface area contributed by atoms with Crippen molar-refractivity contribution in [2.45, 2.75) is 32.0 Å². The molecule has 0 aliphatic carbocycles. The van der Waals surface area contributed by atoms with Crippen molar-refractivity contribution in [3.05, 3.63) is 43.1 Å². The smallest absolute Gasteiger partial charge is 0.115 e. The first-order valence-electron chi connectivity index (χ1n) is 5.49. The largest absolute Gasteiger partial charge is 0.360 e. The zero-order valence-corrected chi connectivity index (χ0v) is 13.4. The van der Waals surface area contributed by atoms with Crippen molar-refractivity contribution in [3.63, 3.8) is 0 Å². The first kappa shape index (κ1) is 12.8. The van der Waals surface area contributed by atoms with Crippen molar-refractivity contribution in [1.82, 2.24) is 0 Å². The molecule has 0 amide bonds. The van der Waals surface area contributed by atoms with Crippen LogP contribution in [0, 0.1) is 0 Å². The highest BCUT2D eigenvalue weighted by atomic mass is 127. The topological polar surface area (TPSA) is 9.23 Å². The van der Waals surface area contributed by atoms with Gasteiger partial charge in [0.2, 0.25) is 0 Å². The van der Waals surface area contributed by atoms with Gasteiger partial charge in [0.05, 0.1) is 6.10 Å². The first-order chi connectivity index (χ1) is 7.74. The summed E-state index contributed by atoms with van der Waals surface area (Å²) in [6.45, 7) is 2.20. The van der Waals surface area contributed by atoms with Crippen molar-refractivity contribution in [1.29, 1.82) is 0 Å². The molecule has 3 heteroatoms. The molecule has 1 nitrogen and oxygen atoms in total. The van der Waals surface area contributed by atoms with Gasteiger partial charge < -0.3 is 4.74 Å². The Labute approximate surface area is 124 Å². The maximum Gasteiger partial charge on any atom is 0.115 e. The summed E-state index contributed by atoms with van der Waals surface area (Å²) in [6, 6.07) is 10.5. The lowest BCUT2D eigenvalue weighted by molar-refractivity contribution is 0.0540. The fraction of sp³-hybridized carbons (Fsp3) is 0.385. The van der Waals surface area contributed by atoms with Crippen molar-refractivity contribution in [3.8, 4) is 0 Å². The molecule has 0 aromatic heterocycles. The summed E-state index contributed by atoms with van der Waals surface area (Å²) in [5, 5.41) is 0. The number of hydrogen-bond donors (Lipinski definition) is 0. The predicted molar refractivity (Wildman–Crippen MR) is 84.0 cm³/mol. The Morgan fingerprint density at radius 3 is 2.44 bits per heavy atom. The molecule has 2 unspecified atom stereocenters. The number of rotatable bonds is 3. The van der Waals surface area contributed by atoms with Crippen LogP contribution in [0.4, 0.5) is 0 Å². The van der Waals surface area contributed by atoms with E-state index in [1.54, 1.807) is 0 Å². The van der Waals surface area contributed by atoms with Crippen LogP contribution in [0.15, 0.2) is 37.5 Å². The molecule has 0 fully saturated rings. The van der Waals surface area contributed by atoms with Crippen LogP contribution in [-0.4, -0.2) is 6.10 Å². The number of halogens is 2. The number of benzene rings is 1. The zero-order valence-electron chi connectivity index (χ0n) is 9.12. The van der Waals surface area contributed by atoms with E-state index in [1.807, 2.05) is 6.07 Å². The Morgan fingerprint density at radius 2 is 1.81 bits per heavy atom. The molecule has 0 N–H and O–H groups in total. The van der Waals surface area contributed by atoms with Gasteiger partial charge in [-0.15, -0.1) is 0 Å². The minimum Gasteiger partial charge on any atom is -0.360 e. The summed E-state index contributed by atoms with van der Waals surface area (Å²) >= 11 is 4.86. The third kappa shape index (κ3) is 2.61. The van der Waals surface area contributed by atoms with Crippen LogP contribution in [0.25, 0.3) is 0 Å². The highest BCUT2D eigenvalue weighted by molar-refractivity contribution is 14.1. The molecule has 0 saturated heterocycles. The summed E-state index contributed by atoms with van der Waals surface area (Å²) < 4.78 is 8.86. The van der Waals surface area contributed by atoms with E-state index in [0.717, 1.165) is 6.42 Å². The summed E-state index contributed by atoms with van der Waals surface area (Å²) in [5.74, 6) is 0. The lowest BCUT2D eigenvalue weighted by Crippen LogP contribution is -2.08. The van der Waals surface area contributed by atoms with Crippen LogP contribution >= 0.6 is 45.2 Å². The average Bonchev–Trinajstić information content (AvgIpc) is 2.59. The van der Waals surface area contributed by atoms with Gasteiger partial charge in [0.25, 0.3) is 0 Å². The van der Waals surface area contributed by atoms with E-state index in [2.05, 4.69) is 76.4 Å². The molecule has 0 bridgehead atoms. The summed E-state index contributed by atoms with van der Waals surface area (Å²) in [6.07, 6.45) is 2.75. The Kier molecular flexibility index (Phi) is 4.66. The van der Waals surface area contributed by atoms with Crippen LogP contribution < -0.4 is 0 Å². The van der Waals surface area contributed by atoms with Crippen LogP contribution in [-0.2, 0) is 4.74 Å². The molecule has 1 aliphatic heterocycles. The molecule has 2 rings (SSSR count). The molecule has 1 aromatic carbocycles. The molecule has 1 heterocycles. The van der Waals surface area contributed by atoms with Gasteiger partial charge in [0.1, 0.15) is 6.10 Å². The van der Waals surface area contributed by atoms with Crippen molar-refractivity contribution in [2.24, 2.45) is 0 Å². The van der Waals surface area contributed by atoms with Gasteiger partial charge >= 0.3 is 0 Å². The van der Waals surface area contributed by atoms with Crippen LogP contribution in [0.1, 0.15) is 31.4 Å². The molecule has 2 atom stereocenters. The second-order valence-corrected chi connectivity index (χ2v) is 6.22. The third-order valence-corrected chi connectivity index (χ3v) is 6.15. The Morgan fingerprint density at radius 1 is 1.12 bits per heavy atom. The maximum absolute atomic E-state index is 6.12. The standard InChI is InChI=1S/C13H14I2O/c1-2-6-10-11(14)12(15)13(16-10)9-7-4-3-5-8-9/h3-5,7-8,10,13H,2,6H2,1H3. The van der Waals surface area contributed by atoms with E-state index in [1.165, 1.54) is 19.1 Å². The van der Waals surface area contributed by atoms with Gasteiger partial charge in [-0.3, -0.25) is 0 Å². The van der Waals surface area contributed by atoms with Crippen molar-refractivity contribution in [2.75, 3.05) is 0 Å². The normalized spacial score (nSPS) is 25.2. The van der Waals surface area contributed by atoms with Crippen LogP contribution in [0.2, 0.25) is 0 Å². The zero-order chi connectivity index (χ0) is 11.5. The molecule has 1 aromatic rings. The lowest BCUT2D eigenvalue weighted by atomic mass is 10.1. The minimum absolute atomic E-state index is 0.158. The Bertz CT molecular complexity index is 386. The summed E-state index contributed by atoms with van der Waals surface area (Å²) in [7, 11) is 0. The van der Waals surface area contributed by atoms with Crippen LogP contribution in [0.3, 0.4) is 0 Å². The fourth-order valence-electron chi connectivity index (χ4n) is 1.87. The van der Waals surface area contributed by atoms with Gasteiger partial charge in [-0.25, -0.2) is 0 Å². The van der Waals surface area contributed by atoms with E-state index in [9.17, 15) is 0 Å². The average molecular weight is 440 g/mol. The van der Waals surface area contributed by atoms with E-state index in [-0.39, 0.29) is 6.10 Å². The Balaban J connectivity index is 2.21. The second-order valence-electron chi connectivity index (χ2n) is 3.90. The summed E-state index contributed by atoms with van der Waals surface area (Å²) in [4.78, 5) is 0. The SMILES string of the molecule is CCCC1OC(c2ccccc2)C(I)=C1I. The molecule has 16 heavy (non-hydrogen) atoms. The molecule has 0 radical (unpaired) electrons. The van der Waals surface area contributed by atoms with Crippen LogP contribution in [0.5, 0.6) is 0 Å². The molecule has 0 saturated carbocycles. The maximum atomic E-state index is 6.12. The van der Waals surface area contributed by atoms with E-state index < -0.39 is 0 Å². The second kappa shape index (κ2) is 5.82. The van der Waals surface area contributed by atoms with Gasteiger partial charge in [0, 0.05) is 7.16 Å². The number of ether oxygens (including phenoxy) is 1. The number of hydrogen-bond acceptors (Lipinski definition) is 1. The quantitative estimate of drug-likeness (QED) is 0.601. The van der Waals surface area contributed by atoms with E-state index in [4.69, 9.17) is 4.74 Å². The predicted octanol–water partition coefficient (Wildman–Crippen LogP) is 5.01. The monoisotopic (exact) mass is 440 g/mol. The first-order valence-corrected chi connectivity index (χ1v) is 7.65. The lowest BCUT2D eigenvalue weighted by Gasteiger charge is -2.15. The molecule has 86 valence electrons. The third-order valence-electron chi connectivity index (χ3n) is 2.69. The Hall–Kier alpha value is 0.380. The van der Waals surface area contributed by atoms with Gasteiger partial charge in [-0.1, -0.05) is 43.7 Å². The fourth-order valence-corrected chi connectivity index (χ4v) is 3.47. The van der Waals surface area contributed by atoms with Crippen molar-refractivity contribution < 1.29 is 4.74 Å². The summed E-state index contributed by atoms with van der Waals surface area (Å²) in [5.41, 5.74) is 1.26. The van der Waals surface area contributed by atoms with Gasteiger partial charge in [0.15, 0.2) is 0 Å². The van der Waals surface area contributed by atoms with Gasteiger partial charge in [-0.2, -0.15) is 0 Å². The molecule has 0 spiro atoms. The molecular formula is C13H14I2O. The van der Waals surface area contributed by atoms with E-state index >= 15 is 0 Å². The minimum atomic E-state index is 0.158. The molecule has 1 aliphatic rings. The highest BCUT2D eigenvalue weighted by Crippen LogP contribution is 2.45. The highest BCUT2D eigenvalue weighted by Gasteiger charge is 2.32. The molecular weight excluding hydrogens is 426 g/mol. The van der Waals surface area contributed by atoms with E-state index in [0.29, 0.717) is 6.10 Å². The van der Waals surface area contributed by atoms with Crippen molar-refractivity contribution >= 4 is 45.2 Å².